The van der Waals surface area contributed by atoms with Crippen LogP contribution in [0.4, 0.5) is 4.79 Å². The summed E-state index contributed by atoms with van der Waals surface area (Å²) < 4.78 is 22.1. The van der Waals surface area contributed by atoms with Gasteiger partial charge in [-0.3, -0.25) is 19.2 Å². The van der Waals surface area contributed by atoms with Gasteiger partial charge < -0.3 is 45.5 Å². The van der Waals surface area contributed by atoms with E-state index in [1.54, 1.807) is 26.8 Å². The zero-order chi connectivity index (χ0) is 38.7. The second kappa shape index (κ2) is 19.4. The summed E-state index contributed by atoms with van der Waals surface area (Å²) in [6.07, 6.45) is 1.61. The van der Waals surface area contributed by atoms with E-state index in [4.69, 9.17) is 24.7 Å². The van der Waals surface area contributed by atoms with Crippen LogP contribution in [-0.2, 0) is 42.9 Å². The maximum atomic E-state index is 14.2. The minimum atomic E-state index is -1.44. The van der Waals surface area contributed by atoms with Crippen molar-refractivity contribution in [3.63, 3.8) is 0 Å². The van der Waals surface area contributed by atoms with Crippen molar-refractivity contribution >= 4 is 47.2 Å². The summed E-state index contributed by atoms with van der Waals surface area (Å²) in [6, 6.07) is -1.44. The molecule has 8 atom stereocenters. The predicted octanol–water partition coefficient (Wildman–Crippen LogP) is 2.45. The first-order chi connectivity index (χ1) is 23.9. The van der Waals surface area contributed by atoms with Crippen LogP contribution in [0.2, 0.25) is 0 Å². The first-order valence-electron chi connectivity index (χ1n) is 16.2. The van der Waals surface area contributed by atoms with Crippen molar-refractivity contribution in [3.8, 4) is 0 Å². The number of ketones is 2. The Hall–Kier alpha value is -4.25. The molecule has 15 nitrogen and oxygen atoms in total. The molecule has 2 rings (SSSR count). The number of aliphatic carboxylic acids is 1. The Morgan fingerprint density at radius 2 is 1.73 bits per heavy atom. The SMILES string of the molecule is COC1=C2C[C@@H](C)C[C@H](OC)[C@H](O)[C@@H](C)/C=C(\C)[C@H](OC(N)=O)[C@@H](OC)/C=C\C=C(/C)C(=O)NC(=C(SC(C)C(NC(C)=O)C(=O)O)C1=O)C2=O. The number of nitrogens with two attached hydrogens (primary N) is 1. The maximum absolute atomic E-state index is 14.2. The number of methoxy groups -OCH3 is 3. The third-order valence-electron chi connectivity index (χ3n) is 8.46. The number of carbonyl (C=O) groups excluding carboxylic acids is 5. The number of aliphatic hydroxyl groups is 1. The van der Waals surface area contributed by atoms with Gasteiger partial charge in [0.1, 0.15) is 17.8 Å². The largest absolute Gasteiger partial charge is 0.492 e. The highest BCUT2D eigenvalue weighted by Crippen LogP contribution is 2.37. The van der Waals surface area contributed by atoms with Gasteiger partial charge in [-0.2, -0.15) is 0 Å². The summed E-state index contributed by atoms with van der Waals surface area (Å²) in [5.41, 5.74) is 5.58. The lowest BCUT2D eigenvalue weighted by Crippen LogP contribution is -2.46. The van der Waals surface area contributed by atoms with E-state index in [1.807, 2.05) is 0 Å². The van der Waals surface area contributed by atoms with Gasteiger partial charge in [0.2, 0.25) is 17.5 Å². The summed E-state index contributed by atoms with van der Waals surface area (Å²) in [5.74, 6) is -5.40. The van der Waals surface area contributed by atoms with E-state index in [-0.39, 0.29) is 46.3 Å². The maximum Gasteiger partial charge on any atom is 0.405 e. The fraction of sp³-hybridized carbons (Fsp3) is 0.543. The lowest BCUT2D eigenvalue weighted by molar-refractivity contribution is -0.141. The standard InChI is InChI=1S/C35H49N3O12S/c1-16-13-22-28(41)26(32(29(42)31(22)49-9)51-20(5)25(34(44)45)37-21(6)39)38-33(43)17(2)11-10-12-23(47-7)30(50-35(36)46)19(4)15-18(3)27(40)24(14-16)48-8/h10-12,15-16,18,20,23-25,27,30,40H,13-14H2,1-9H3,(H2,36,46)(H,37,39)(H,38,43)(H,44,45)/b12-10-,17-11+,19-15+/t16-,18+,20?,23+,24+,25?,27-,30+/m1/s1. The highest BCUT2D eigenvalue weighted by molar-refractivity contribution is 8.04. The number of amides is 3. The molecule has 282 valence electrons. The van der Waals surface area contributed by atoms with Crippen molar-refractivity contribution < 1.29 is 57.9 Å². The average Bonchev–Trinajstić information content (AvgIpc) is 3.06. The van der Waals surface area contributed by atoms with Crippen LogP contribution < -0.4 is 16.4 Å². The van der Waals surface area contributed by atoms with Gasteiger partial charge >= 0.3 is 12.1 Å². The normalized spacial score (nSPS) is 29.5. The summed E-state index contributed by atoms with van der Waals surface area (Å²) >= 11 is 0.698. The number of carboxylic acid groups (broad SMARTS) is 1. The van der Waals surface area contributed by atoms with Crippen molar-refractivity contribution in [3.05, 3.63) is 57.4 Å². The van der Waals surface area contributed by atoms with E-state index in [2.05, 4.69) is 10.6 Å². The van der Waals surface area contributed by atoms with Crippen LogP contribution in [0.25, 0.3) is 0 Å². The van der Waals surface area contributed by atoms with Gasteiger partial charge in [0.25, 0.3) is 5.91 Å². The van der Waals surface area contributed by atoms with Crippen LogP contribution in [0.3, 0.4) is 0 Å². The number of ether oxygens (including phenoxy) is 4. The quantitative estimate of drug-likeness (QED) is 0.170. The molecule has 3 amide bonds. The van der Waals surface area contributed by atoms with Crippen LogP contribution >= 0.6 is 11.8 Å². The average molecular weight is 736 g/mol. The number of nitrogens with one attached hydrogen (secondary N) is 2. The topological polar surface area (TPSA) is 230 Å². The Bertz CT molecular complexity index is 1530. The van der Waals surface area contributed by atoms with Crippen LogP contribution in [0.15, 0.2) is 57.4 Å². The molecule has 1 heterocycles. The molecule has 6 N–H and O–H groups in total. The Labute approximate surface area is 301 Å². The molecule has 0 aromatic carbocycles. The minimum absolute atomic E-state index is 0.0122. The van der Waals surface area contributed by atoms with E-state index in [0.29, 0.717) is 17.3 Å². The number of carbonyl (C=O) groups is 6. The molecular formula is C35H49N3O12S. The molecule has 0 radical (unpaired) electrons. The predicted molar refractivity (Wildman–Crippen MR) is 188 cm³/mol. The van der Waals surface area contributed by atoms with Crippen molar-refractivity contribution in [2.45, 2.75) is 90.1 Å². The van der Waals surface area contributed by atoms with E-state index >= 15 is 0 Å². The number of hydrogen-bond donors (Lipinski definition) is 5. The Balaban J connectivity index is 2.79. The van der Waals surface area contributed by atoms with Crippen LogP contribution in [0.5, 0.6) is 0 Å². The molecule has 51 heavy (non-hydrogen) atoms. The van der Waals surface area contributed by atoms with Crippen LogP contribution in [0, 0.1) is 11.8 Å². The number of primary amides is 1. The molecule has 2 aliphatic rings. The van der Waals surface area contributed by atoms with Gasteiger partial charge in [0.05, 0.1) is 24.2 Å². The number of fused-ring (bicyclic) bond motifs is 2. The van der Waals surface area contributed by atoms with E-state index < -0.39 is 77.1 Å². The molecule has 1 aliphatic carbocycles. The van der Waals surface area contributed by atoms with Gasteiger partial charge in [-0.15, -0.1) is 11.8 Å². The van der Waals surface area contributed by atoms with E-state index in [1.165, 1.54) is 53.4 Å². The highest BCUT2D eigenvalue weighted by atomic mass is 32.2. The molecule has 0 spiro atoms. The number of allylic oxidation sites excluding steroid dienone is 4. The van der Waals surface area contributed by atoms with Crippen molar-refractivity contribution in [2.75, 3.05) is 21.3 Å². The summed E-state index contributed by atoms with van der Waals surface area (Å²) in [4.78, 5) is 77.1. The summed E-state index contributed by atoms with van der Waals surface area (Å²) in [7, 11) is 4.04. The Kier molecular flexibility index (Phi) is 16.3. The smallest absolute Gasteiger partial charge is 0.405 e. The Morgan fingerprint density at radius 1 is 1.08 bits per heavy atom. The number of carboxylic acids is 1. The molecule has 1 aliphatic heterocycles. The number of aliphatic hydroxyl groups excluding tert-OH is 1. The molecule has 2 bridgehead atoms. The van der Waals surface area contributed by atoms with Crippen molar-refractivity contribution in [1.29, 1.82) is 0 Å². The zero-order valence-corrected chi connectivity index (χ0v) is 31.1. The first-order valence-corrected chi connectivity index (χ1v) is 17.1. The molecule has 0 saturated carbocycles. The van der Waals surface area contributed by atoms with Gasteiger partial charge in [0, 0.05) is 43.5 Å². The fourth-order valence-electron chi connectivity index (χ4n) is 5.79. The van der Waals surface area contributed by atoms with Crippen molar-refractivity contribution in [2.24, 2.45) is 17.6 Å². The summed E-state index contributed by atoms with van der Waals surface area (Å²) in [5, 5.41) is 25.0. The fourth-order valence-corrected chi connectivity index (χ4v) is 6.94. The molecule has 0 aromatic heterocycles. The highest BCUT2D eigenvalue weighted by Gasteiger charge is 2.40. The van der Waals surface area contributed by atoms with Gasteiger partial charge in [-0.25, -0.2) is 9.59 Å². The van der Waals surface area contributed by atoms with Crippen LogP contribution in [-0.4, -0.2) is 103 Å². The van der Waals surface area contributed by atoms with Gasteiger partial charge in [0.15, 0.2) is 11.9 Å². The third-order valence-corrected chi connectivity index (χ3v) is 9.73. The molecule has 0 saturated heterocycles. The minimum Gasteiger partial charge on any atom is -0.492 e. The van der Waals surface area contributed by atoms with E-state index in [0.717, 1.165) is 6.92 Å². The number of hydrogen-bond acceptors (Lipinski definition) is 12. The summed E-state index contributed by atoms with van der Waals surface area (Å²) in [6.45, 7) is 9.30. The molecule has 16 heteroatoms. The number of thioether (sulfide) groups is 1. The monoisotopic (exact) mass is 735 g/mol. The second-order valence-corrected chi connectivity index (χ2v) is 13.9. The second-order valence-electron chi connectivity index (χ2n) is 12.5. The number of rotatable bonds is 9. The van der Waals surface area contributed by atoms with E-state index in [9.17, 15) is 39.0 Å². The lowest BCUT2D eigenvalue weighted by Gasteiger charge is -2.30. The zero-order valence-electron chi connectivity index (χ0n) is 30.3. The Morgan fingerprint density at radius 3 is 2.25 bits per heavy atom. The lowest BCUT2D eigenvalue weighted by atomic mass is 9.85. The molecule has 0 aromatic rings. The number of Topliss-reactive ketones (excluding diaryl/α,β-unsaturated/α-hetero) is 2. The van der Waals surface area contributed by atoms with Gasteiger partial charge in [-0.1, -0.05) is 45.1 Å². The van der Waals surface area contributed by atoms with Crippen LogP contribution in [0.1, 0.15) is 54.4 Å². The van der Waals surface area contributed by atoms with Gasteiger partial charge in [-0.05, 0) is 38.2 Å². The third kappa shape index (κ3) is 11.4. The molecular weight excluding hydrogens is 686 g/mol. The molecule has 0 fully saturated rings. The first kappa shape index (κ1) is 42.9. The van der Waals surface area contributed by atoms with Crippen molar-refractivity contribution in [1.82, 2.24) is 10.6 Å². The molecule has 2 unspecified atom stereocenters.